The minimum Gasteiger partial charge on any atom is -0.507 e. The van der Waals surface area contributed by atoms with Crippen LogP contribution in [0.1, 0.15) is 6.92 Å². The molecular weight excluding hydrogens is 274 g/mol. The number of nitrogens with zero attached hydrogens (tertiary/aromatic N) is 2. The number of phenolic OH excluding ortho intramolecular Hbond substituents is 1. The zero-order chi connectivity index (χ0) is 14.3. The van der Waals surface area contributed by atoms with E-state index in [1.165, 1.54) is 6.07 Å². The summed E-state index contributed by atoms with van der Waals surface area (Å²) < 4.78 is 1.99. The molecule has 0 bridgehead atoms. The fourth-order valence-electron chi connectivity index (χ4n) is 2.39. The number of rotatable bonds is 2. The molecule has 5 heteroatoms. The minimum atomic E-state index is 0.117. The fourth-order valence-corrected chi connectivity index (χ4v) is 2.66. The van der Waals surface area contributed by atoms with Crippen LogP contribution >= 0.6 is 11.6 Å². The minimum absolute atomic E-state index is 0.117. The Balaban J connectivity index is 2.33. The molecule has 3 rings (SSSR count). The average Bonchev–Trinajstić information content (AvgIpc) is 2.78. The van der Waals surface area contributed by atoms with Gasteiger partial charge in [0.25, 0.3) is 0 Å². The van der Waals surface area contributed by atoms with E-state index in [-0.39, 0.29) is 5.75 Å². The normalized spacial score (nSPS) is 11.1. The van der Waals surface area contributed by atoms with Crippen molar-refractivity contribution in [3.8, 4) is 17.1 Å². The van der Waals surface area contributed by atoms with Gasteiger partial charge in [0.05, 0.1) is 21.6 Å². The molecule has 0 atom stereocenters. The number of fused-ring (bicyclic) bond motifs is 1. The summed E-state index contributed by atoms with van der Waals surface area (Å²) in [7, 11) is 0. The van der Waals surface area contributed by atoms with Gasteiger partial charge in [-0.15, -0.1) is 0 Å². The number of anilines is 1. The van der Waals surface area contributed by atoms with Crippen molar-refractivity contribution in [2.75, 3.05) is 5.73 Å². The number of aromatic nitrogens is 2. The molecule has 0 amide bonds. The van der Waals surface area contributed by atoms with Crippen LogP contribution < -0.4 is 5.73 Å². The molecule has 1 aromatic heterocycles. The largest absolute Gasteiger partial charge is 0.507 e. The first-order chi connectivity index (χ1) is 9.61. The Morgan fingerprint density at radius 1 is 1.30 bits per heavy atom. The number of nitrogen functional groups attached to an aromatic ring is 1. The van der Waals surface area contributed by atoms with Crippen LogP contribution in [-0.2, 0) is 6.54 Å². The third-order valence-corrected chi connectivity index (χ3v) is 3.60. The van der Waals surface area contributed by atoms with E-state index in [1.54, 1.807) is 12.1 Å². The number of hydrogen-bond donors (Lipinski definition) is 2. The molecule has 2 aromatic carbocycles. The van der Waals surface area contributed by atoms with Gasteiger partial charge in [-0.3, -0.25) is 0 Å². The Kier molecular flexibility index (Phi) is 3.03. The summed E-state index contributed by atoms with van der Waals surface area (Å²) in [5.41, 5.74) is 8.52. The Bertz CT molecular complexity index is 795. The molecular formula is C15H14ClN3O. The maximum absolute atomic E-state index is 10.1. The Morgan fingerprint density at radius 2 is 2.10 bits per heavy atom. The number of imidazole rings is 1. The van der Waals surface area contributed by atoms with Gasteiger partial charge in [0.2, 0.25) is 0 Å². The lowest BCUT2D eigenvalue weighted by Crippen LogP contribution is -1.98. The van der Waals surface area contributed by atoms with Crippen LogP contribution in [0.25, 0.3) is 22.4 Å². The number of benzene rings is 2. The van der Waals surface area contributed by atoms with Crippen LogP contribution in [0.3, 0.4) is 0 Å². The average molecular weight is 288 g/mol. The first-order valence-electron chi connectivity index (χ1n) is 6.35. The van der Waals surface area contributed by atoms with Crippen LogP contribution in [0.5, 0.6) is 5.75 Å². The molecule has 20 heavy (non-hydrogen) atoms. The van der Waals surface area contributed by atoms with Gasteiger partial charge in [0, 0.05) is 18.3 Å². The van der Waals surface area contributed by atoms with E-state index in [9.17, 15) is 5.11 Å². The molecule has 0 fully saturated rings. The second kappa shape index (κ2) is 4.72. The van der Waals surface area contributed by atoms with Crippen LogP contribution in [0.2, 0.25) is 5.02 Å². The van der Waals surface area contributed by atoms with E-state index in [0.717, 1.165) is 11.0 Å². The molecule has 0 unspecified atom stereocenters. The highest BCUT2D eigenvalue weighted by Crippen LogP contribution is 2.34. The van der Waals surface area contributed by atoms with Crippen LogP contribution in [0.15, 0.2) is 36.4 Å². The van der Waals surface area contributed by atoms with Crippen LogP contribution in [0.4, 0.5) is 5.69 Å². The number of halogens is 1. The SMILES string of the molecule is CCn1c(-c2ccc(N)cc2O)nc2cccc(Cl)c21. The van der Waals surface area contributed by atoms with Crippen molar-refractivity contribution >= 4 is 28.3 Å². The predicted molar refractivity (Wildman–Crippen MR) is 81.9 cm³/mol. The number of para-hydroxylation sites is 1. The van der Waals surface area contributed by atoms with Crippen molar-refractivity contribution in [3.63, 3.8) is 0 Å². The van der Waals surface area contributed by atoms with Gasteiger partial charge in [0.15, 0.2) is 0 Å². The fraction of sp³-hybridized carbons (Fsp3) is 0.133. The van der Waals surface area contributed by atoms with E-state index >= 15 is 0 Å². The molecule has 0 aliphatic carbocycles. The topological polar surface area (TPSA) is 64.1 Å². The number of nitrogens with two attached hydrogens (primary N) is 1. The van der Waals surface area contributed by atoms with Crippen LogP contribution in [0, 0.1) is 0 Å². The summed E-state index contributed by atoms with van der Waals surface area (Å²) in [6.07, 6.45) is 0. The highest BCUT2D eigenvalue weighted by atomic mass is 35.5. The predicted octanol–water partition coefficient (Wildman–Crippen LogP) is 3.66. The van der Waals surface area contributed by atoms with Crippen molar-refractivity contribution in [1.29, 1.82) is 0 Å². The molecule has 0 spiro atoms. The Labute approximate surface area is 121 Å². The second-order valence-electron chi connectivity index (χ2n) is 4.56. The third kappa shape index (κ3) is 1.89. The molecule has 1 heterocycles. The van der Waals surface area contributed by atoms with E-state index < -0.39 is 0 Å². The maximum Gasteiger partial charge on any atom is 0.144 e. The lowest BCUT2D eigenvalue weighted by Gasteiger charge is -2.08. The monoisotopic (exact) mass is 287 g/mol. The van der Waals surface area contributed by atoms with E-state index in [2.05, 4.69) is 4.98 Å². The summed E-state index contributed by atoms with van der Waals surface area (Å²) in [6.45, 7) is 2.72. The maximum atomic E-state index is 10.1. The lowest BCUT2D eigenvalue weighted by atomic mass is 10.1. The molecule has 4 nitrogen and oxygen atoms in total. The van der Waals surface area contributed by atoms with E-state index in [1.807, 2.05) is 29.7 Å². The van der Waals surface area contributed by atoms with Crippen molar-refractivity contribution in [1.82, 2.24) is 9.55 Å². The van der Waals surface area contributed by atoms with Gasteiger partial charge in [0.1, 0.15) is 11.6 Å². The summed E-state index contributed by atoms with van der Waals surface area (Å²) >= 11 is 6.26. The van der Waals surface area contributed by atoms with Gasteiger partial charge in [-0.2, -0.15) is 0 Å². The Morgan fingerprint density at radius 3 is 2.80 bits per heavy atom. The summed E-state index contributed by atoms with van der Waals surface area (Å²) in [6, 6.07) is 10.7. The van der Waals surface area contributed by atoms with E-state index in [0.29, 0.717) is 28.6 Å². The molecule has 0 saturated heterocycles. The number of aryl methyl sites for hydroxylation is 1. The first kappa shape index (κ1) is 12.8. The van der Waals surface area contributed by atoms with Crippen LogP contribution in [-0.4, -0.2) is 14.7 Å². The Hall–Kier alpha value is -2.20. The van der Waals surface area contributed by atoms with Crippen molar-refractivity contribution in [2.45, 2.75) is 13.5 Å². The van der Waals surface area contributed by atoms with Gasteiger partial charge >= 0.3 is 0 Å². The highest BCUT2D eigenvalue weighted by Gasteiger charge is 2.16. The molecule has 0 aliphatic rings. The molecule has 102 valence electrons. The van der Waals surface area contributed by atoms with Crippen molar-refractivity contribution in [3.05, 3.63) is 41.4 Å². The standard InChI is InChI=1S/C15H14ClN3O/c1-2-19-14-11(16)4-3-5-12(14)18-15(19)10-7-6-9(17)8-13(10)20/h3-8,20H,2,17H2,1H3. The molecule has 0 aliphatic heterocycles. The van der Waals surface area contributed by atoms with Gasteiger partial charge in [-0.05, 0) is 31.2 Å². The zero-order valence-electron chi connectivity index (χ0n) is 11.0. The van der Waals surface area contributed by atoms with Gasteiger partial charge in [-0.1, -0.05) is 17.7 Å². The van der Waals surface area contributed by atoms with Gasteiger partial charge < -0.3 is 15.4 Å². The summed E-state index contributed by atoms with van der Waals surface area (Å²) in [5.74, 6) is 0.805. The summed E-state index contributed by atoms with van der Waals surface area (Å²) in [5, 5.41) is 10.7. The molecule has 3 N–H and O–H groups in total. The number of phenols is 1. The number of aromatic hydroxyl groups is 1. The quantitative estimate of drug-likeness (QED) is 0.707. The van der Waals surface area contributed by atoms with Gasteiger partial charge in [-0.25, -0.2) is 4.98 Å². The van der Waals surface area contributed by atoms with E-state index in [4.69, 9.17) is 17.3 Å². The molecule has 0 saturated carbocycles. The third-order valence-electron chi connectivity index (χ3n) is 3.30. The molecule has 0 radical (unpaired) electrons. The zero-order valence-corrected chi connectivity index (χ0v) is 11.7. The van der Waals surface area contributed by atoms with Crippen molar-refractivity contribution < 1.29 is 5.11 Å². The smallest absolute Gasteiger partial charge is 0.144 e. The number of hydrogen-bond acceptors (Lipinski definition) is 3. The first-order valence-corrected chi connectivity index (χ1v) is 6.73. The lowest BCUT2D eigenvalue weighted by molar-refractivity contribution is 0.477. The highest BCUT2D eigenvalue weighted by molar-refractivity contribution is 6.35. The summed E-state index contributed by atoms with van der Waals surface area (Å²) in [4.78, 5) is 4.58. The molecule has 3 aromatic rings. The second-order valence-corrected chi connectivity index (χ2v) is 4.97. The van der Waals surface area contributed by atoms with Crippen molar-refractivity contribution in [2.24, 2.45) is 0 Å².